The van der Waals surface area contributed by atoms with Gasteiger partial charge in [-0.2, -0.15) is 0 Å². The topological polar surface area (TPSA) is 83.8 Å². The lowest BCUT2D eigenvalue weighted by atomic mass is 10.0. The van der Waals surface area contributed by atoms with Crippen molar-refractivity contribution in [1.29, 1.82) is 0 Å². The fourth-order valence-corrected chi connectivity index (χ4v) is 3.57. The number of fused-ring (bicyclic) bond motifs is 2. The number of nitrogens with one attached hydrogen (secondary N) is 2. The molecule has 0 aliphatic rings. The highest BCUT2D eigenvalue weighted by Crippen LogP contribution is 2.33. The second-order valence-electron chi connectivity index (χ2n) is 6.78. The third-order valence-electron chi connectivity index (χ3n) is 4.94. The minimum absolute atomic E-state index is 0.0732. The van der Waals surface area contributed by atoms with Gasteiger partial charge < -0.3 is 10.3 Å². The molecule has 0 bridgehead atoms. The van der Waals surface area contributed by atoms with Gasteiger partial charge in [0.2, 0.25) is 0 Å². The molecule has 0 spiro atoms. The summed E-state index contributed by atoms with van der Waals surface area (Å²) in [5, 5.41) is 3.48. The number of imidazole rings is 2. The second-order valence-corrected chi connectivity index (χ2v) is 6.78. The van der Waals surface area contributed by atoms with E-state index in [0.717, 1.165) is 22.6 Å². The Morgan fingerprint density at radius 3 is 2.63 bits per heavy atom. The summed E-state index contributed by atoms with van der Waals surface area (Å²) < 4.78 is 2.14. The molecule has 4 aromatic heterocycles. The number of rotatable bonds is 4. The van der Waals surface area contributed by atoms with Crippen LogP contribution in [-0.4, -0.2) is 29.3 Å². The first kappa shape index (κ1) is 19.6. The molecule has 0 saturated carbocycles. The molecule has 152 valence electrons. The van der Waals surface area contributed by atoms with Gasteiger partial charge in [-0.15, -0.1) is 0 Å². The molecule has 0 saturated heterocycles. The van der Waals surface area contributed by atoms with Crippen molar-refractivity contribution in [3.05, 3.63) is 72.6 Å². The van der Waals surface area contributed by atoms with Crippen LogP contribution < -0.4 is 5.32 Å². The van der Waals surface area contributed by atoms with E-state index in [2.05, 4.69) is 74.0 Å². The molecule has 0 aliphatic carbocycles. The van der Waals surface area contributed by atoms with Crippen molar-refractivity contribution in [2.75, 3.05) is 5.32 Å². The monoisotopic (exact) mass is 399 g/mol. The maximum Gasteiger partial charge on any atom is 0.182 e. The zero-order valence-electron chi connectivity index (χ0n) is 17.6. The van der Waals surface area contributed by atoms with E-state index in [0.29, 0.717) is 11.5 Å². The minimum Gasteiger partial charge on any atom is -0.360 e. The molecule has 0 radical (unpaired) electrons. The van der Waals surface area contributed by atoms with Crippen molar-refractivity contribution in [2.24, 2.45) is 0 Å². The largest absolute Gasteiger partial charge is 0.360 e. The maximum atomic E-state index is 4.93. The minimum atomic E-state index is -0.0732. The fourth-order valence-electron chi connectivity index (χ4n) is 3.57. The summed E-state index contributed by atoms with van der Waals surface area (Å²) in [5.74, 6) is 0.711. The summed E-state index contributed by atoms with van der Waals surface area (Å²) in [4.78, 5) is 20.8. The van der Waals surface area contributed by atoms with Crippen molar-refractivity contribution in [1.82, 2.24) is 29.3 Å². The van der Waals surface area contributed by atoms with Gasteiger partial charge in [-0.3, -0.25) is 4.40 Å². The van der Waals surface area contributed by atoms with Gasteiger partial charge in [0.25, 0.3) is 0 Å². The lowest BCUT2D eigenvalue weighted by molar-refractivity contribution is 0.846. The number of anilines is 1. The second kappa shape index (κ2) is 8.32. The summed E-state index contributed by atoms with van der Waals surface area (Å²) in [6.07, 6.45) is 5.20. The molecular formula is C23H25N7. The first-order valence-electron chi connectivity index (χ1n) is 10.2. The van der Waals surface area contributed by atoms with Gasteiger partial charge in [-0.05, 0) is 31.5 Å². The number of pyridine rings is 1. The van der Waals surface area contributed by atoms with Gasteiger partial charge in [0.15, 0.2) is 11.5 Å². The van der Waals surface area contributed by atoms with E-state index >= 15 is 0 Å². The van der Waals surface area contributed by atoms with Gasteiger partial charge >= 0.3 is 0 Å². The zero-order valence-corrected chi connectivity index (χ0v) is 17.6. The van der Waals surface area contributed by atoms with E-state index in [1.165, 1.54) is 17.5 Å². The molecule has 2 N–H and O–H groups in total. The number of hydrogen-bond donors (Lipinski definition) is 2. The van der Waals surface area contributed by atoms with Crippen LogP contribution in [0.25, 0.3) is 28.1 Å². The number of aromatic amines is 1. The normalized spacial score (nSPS) is 11.9. The molecule has 30 heavy (non-hydrogen) atoms. The van der Waals surface area contributed by atoms with Crippen LogP contribution in [-0.2, 0) is 0 Å². The predicted molar refractivity (Wildman–Crippen MR) is 120 cm³/mol. The summed E-state index contributed by atoms with van der Waals surface area (Å²) in [7, 11) is 0. The van der Waals surface area contributed by atoms with Crippen LogP contribution in [0, 0.1) is 6.92 Å². The Morgan fingerprint density at radius 2 is 1.80 bits per heavy atom. The van der Waals surface area contributed by atoms with Crippen molar-refractivity contribution >= 4 is 22.6 Å². The van der Waals surface area contributed by atoms with Crippen LogP contribution in [0.1, 0.15) is 38.1 Å². The van der Waals surface area contributed by atoms with E-state index in [9.17, 15) is 0 Å². The van der Waals surface area contributed by atoms with Crippen LogP contribution in [0.2, 0.25) is 0 Å². The summed E-state index contributed by atoms with van der Waals surface area (Å²) in [5.41, 5.74) is 6.77. The number of benzene rings is 1. The molecule has 7 heteroatoms. The molecule has 1 aromatic carbocycles. The zero-order chi connectivity index (χ0) is 21.1. The van der Waals surface area contributed by atoms with E-state index in [-0.39, 0.29) is 6.04 Å². The van der Waals surface area contributed by atoms with Crippen molar-refractivity contribution in [3.63, 3.8) is 0 Å². The van der Waals surface area contributed by atoms with Crippen molar-refractivity contribution in [2.45, 2.75) is 33.7 Å². The molecular weight excluding hydrogens is 374 g/mol. The number of nitrogens with zero attached hydrogens (tertiary/aromatic N) is 5. The average molecular weight is 400 g/mol. The molecule has 1 unspecified atom stereocenters. The fraction of sp³-hybridized carbons (Fsp3) is 0.217. The highest BCUT2D eigenvalue weighted by Gasteiger charge is 2.21. The summed E-state index contributed by atoms with van der Waals surface area (Å²) in [6, 6.07) is 14.4. The summed E-state index contributed by atoms with van der Waals surface area (Å²) >= 11 is 0. The molecule has 1 atom stereocenters. The molecule has 5 aromatic rings. The first-order chi connectivity index (χ1) is 14.7. The number of aromatic nitrogens is 6. The van der Waals surface area contributed by atoms with E-state index < -0.39 is 0 Å². The van der Waals surface area contributed by atoms with Crippen LogP contribution in [0.15, 0.2) is 61.3 Å². The standard InChI is InChI=1S/C21H19N7.C2H6/c1-13-7-3-4-8-15(13)19-17(27-16-9-5-6-10-28(16)19)14(2)26-21-18-20(23-11-22-18)24-12-25-21;1-2/h3-12,14H,1-2H3,(H2,22,23,24,25,26);1-2H3. The third kappa shape index (κ3) is 3.39. The SMILES string of the molecule is CC.Cc1ccccc1-c1c(C(C)Nc2ncnc3nc[nH]c23)nc2ccccn12. The Bertz CT molecular complexity index is 1290. The third-order valence-corrected chi connectivity index (χ3v) is 4.94. The Balaban J connectivity index is 0.00000106. The Morgan fingerprint density at radius 1 is 1.00 bits per heavy atom. The average Bonchev–Trinajstić information content (AvgIpc) is 3.41. The number of H-pyrrole nitrogens is 1. The van der Waals surface area contributed by atoms with Crippen LogP contribution in [0.4, 0.5) is 5.82 Å². The smallest absolute Gasteiger partial charge is 0.182 e. The highest BCUT2D eigenvalue weighted by atomic mass is 15.1. The first-order valence-corrected chi connectivity index (χ1v) is 10.2. The number of aryl methyl sites for hydroxylation is 1. The lowest BCUT2D eigenvalue weighted by Crippen LogP contribution is -2.10. The van der Waals surface area contributed by atoms with E-state index in [1.54, 1.807) is 6.33 Å². The number of hydrogen-bond acceptors (Lipinski definition) is 5. The van der Waals surface area contributed by atoms with Crippen molar-refractivity contribution < 1.29 is 0 Å². The van der Waals surface area contributed by atoms with Crippen LogP contribution in [0.3, 0.4) is 0 Å². The van der Waals surface area contributed by atoms with Crippen LogP contribution in [0.5, 0.6) is 0 Å². The van der Waals surface area contributed by atoms with Gasteiger partial charge in [-0.25, -0.2) is 19.9 Å². The summed E-state index contributed by atoms with van der Waals surface area (Å²) in [6.45, 7) is 8.21. The van der Waals surface area contributed by atoms with Crippen LogP contribution >= 0.6 is 0 Å². The van der Waals surface area contributed by atoms with Gasteiger partial charge in [-0.1, -0.05) is 44.2 Å². The van der Waals surface area contributed by atoms with E-state index in [1.807, 2.05) is 32.0 Å². The lowest BCUT2D eigenvalue weighted by Gasteiger charge is -2.16. The predicted octanol–water partition coefficient (Wildman–Crippen LogP) is 5.18. The Labute approximate surface area is 175 Å². The van der Waals surface area contributed by atoms with Gasteiger partial charge in [0.1, 0.15) is 17.5 Å². The van der Waals surface area contributed by atoms with E-state index in [4.69, 9.17) is 4.98 Å². The Hall–Kier alpha value is -3.74. The quantitative estimate of drug-likeness (QED) is 0.435. The molecule has 5 rings (SSSR count). The highest BCUT2D eigenvalue weighted by molar-refractivity contribution is 5.82. The molecule has 0 fully saturated rings. The molecule has 0 amide bonds. The molecule has 4 heterocycles. The maximum absolute atomic E-state index is 4.93. The molecule has 7 nitrogen and oxygen atoms in total. The molecule has 0 aliphatic heterocycles. The van der Waals surface area contributed by atoms with Gasteiger partial charge in [0.05, 0.1) is 23.8 Å². The van der Waals surface area contributed by atoms with Gasteiger partial charge in [0, 0.05) is 11.8 Å². The van der Waals surface area contributed by atoms with Crippen molar-refractivity contribution in [3.8, 4) is 11.3 Å². The Kier molecular flexibility index (Phi) is 5.43.